The maximum absolute atomic E-state index is 13.1. The van der Waals surface area contributed by atoms with Gasteiger partial charge in [-0.3, -0.25) is 4.79 Å². The van der Waals surface area contributed by atoms with Crippen molar-refractivity contribution in [3.05, 3.63) is 122 Å². The number of hydrogen-bond donors (Lipinski definition) is 6. The van der Waals surface area contributed by atoms with Crippen molar-refractivity contribution in [3.63, 3.8) is 0 Å². The first-order chi connectivity index (χ1) is 38.8. The molecule has 1 saturated heterocycles. The summed E-state index contributed by atoms with van der Waals surface area (Å²) in [5.74, 6) is -0.183. The predicted molar refractivity (Wildman–Crippen MR) is 336 cm³/mol. The zero-order valence-electron chi connectivity index (χ0n) is 50.3. The largest absolute Gasteiger partial charge is 0.394 e. The molecular formula is C70H119NO8. The lowest BCUT2D eigenvalue weighted by molar-refractivity contribution is -0.302. The van der Waals surface area contributed by atoms with Gasteiger partial charge < -0.3 is 40.3 Å². The predicted octanol–water partition coefficient (Wildman–Crippen LogP) is 17.1. The fraction of sp³-hybridized carbons (Fsp3) is 0.700. The van der Waals surface area contributed by atoms with E-state index in [0.717, 1.165) is 103 Å². The molecule has 1 fully saturated rings. The Balaban J connectivity index is 2.15. The minimum Gasteiger partial charge on any atom is -0.394 e. The molecule has 0 spiro atoms. The molecule has 1 amide bonds. The molecule has 0 aromatic rings. The number of aliphatic hydroxyl groups is 5. The number of unbranched alkanes of at least 4 members (excludes halogenated alkanes) is 26. The van der Waals surface area contributed by atoms with E-state index in [9.17, 15) is 30.3 Å². The fourth-order valence-electron chi connectivity index (χ4n) is 9.50. The Bertz CT molecular complexity index is 1660. The highest BCUT2D eigenvalue weighted by Gasteiger charge is 2.44. The van der Waals surface area contributed by atoms with Crippen LogP contribution in [0.3, 0.4) is 0 Å². The van der Waals surface area contributed by atoms with Crippen LogP contribution in [0.5, 0.6) is 0 Å². The molecule has 1 aliphatic heterocycles. The lowest BCUT2D eigenvalue weighted by Crippen LogP contribution is -2.60. The van der Waals surface area contributed by atoms with Crippen LogP contribution in [0.15, 0.2) is 122 Å². The number of carbonyl (C=O) groups excluding carboxylic acids is 1. The van der Waals surface area contributed by atoms with Gasteiger partial charge in [0.25, 0.3) is 0 Å². The van der Waals surface area contributed by atoms with E-state index in [4.69, 9.17) is 9.47 Å². The van der Waals surface area contributed by atoms with E-state index in [-0.39, 0.29) is 12.5 Å². The molecule has 9 nitrogen and oxygen atoms in total. The van der Waals surface area contributed by atoms with Crippen molar-refractivity contribution in [2.45, 2.75) is 301 Å². The third-order valence-corrected chi connectivity index (χ3v) is 14.5. The van der Waals surface area contributed by atoms with E-state index in [1.807, 2.05) is 6.08 Å². The van der Waals surface area contributed by atoms with Gasteiger partial charge in [-0.25, -0.2) is 0 Å². The van der Waals surface area contributed by atoms with Crippen LogP contribution in [0.2, 0.25) is 0 Å². The van der Waals surface area contributed by atoms with Gasteiger partial charge in [0.1, 0.15) is 24.4 Å². The second kappa shape index (κ2) is 57.8. The summed E-state index contributed by atoms with van der Waals surface area (Å²) in [4.78, 5) is 13.1. The maximum Gasteiger partial charge on any atom is 0.220 e. The SMILES string of the molecule is CC/C=C\C/C=C\C/C=C\C/C=C\C/C=C\C/C=C\C/C=C\C/C=C\C/C=C\CCCCCCCCCCCCCC(=O)NC(COC1OC(CO)C(O)C(O)C1O)C(O)/C=C/CCCCCCCCCCCCCCCCC. The summed E-state index contributed by atoms with van der Waals surface area (Å²) < 4.78 is 11.3. The molecule has 0 aromatic carbocycles. The molecule has 7 unspecified atom stereocenters. The number of amides is 1. The Kier molecular flexibility index (Phi) is 53.9. The van der Waals surface area contributed by atoms with Gasteiger partial charge in [0.2, 0.25) is 5.91 Å². The zero-order chi connectivity index (χ0) is 57.2. The average Bonchev–Trinajstić information content (AvgIpc) is 3.48. The van der Waals surface area contributed by atoms with Crippen LogP contribution < -0.4 is 5.32 Å². The Labute approximate surface area is 484 Å². The number of ether oxygens (including phenoxy) is 2. The molecule has 0 saturated carbocycles. The first-order valence-corrected chi connectivity index (χ1v) is 32.3. The monoisotopic (exact) mass is 1100 g/mol. The lowest BCUT2D eigenvalue weighted by Gasteiger charge is -2.40. The highest BCUT2D eigenvalue weighted by atomic mass is 16.7. The van der Waals surface area contributed by atoms with Gasteiger partial charge in [0, 0.05) is 6.42 Å². The molecule has 1 aliphatic rings. The van der Waals surface area contributed by atoms with Crippen LogP contribution in [0.25, 0.3) is 0 Å². The first kappa shape index (κ1) is 73.6. The van der Waals surface area contributed by atoms with Crippen molar-refractivity contribution < 1.29 is 39.8 Å². The molecule has 79 heavy (non-hydrogen) atoms. The average molecular weight is 1100 g/mol. The number of aliphatic hydroxyl groups excluding tert-OH is 5. The third-order valence-electron chi connectivity index (χ3n) is 14.5. The van der Waals surface area contributed by atoms with E-state index in [1.54, 1.807) is 6.08 Å². The molecule has 9 heteroatoms. The van der Waals surface area contributed by atoms with Crippen molar-refractivity contribution in [2.75, 3.05) is 13.2 Å². The Morgan fingerprint density at radius 2 is 0.785 bits per heavy atom. The lowest BCUT2D eigenvalue weighted by atomic mass is 9.99. The molecule has 7 atom stereocenters. The number of allylic oxidation sites excluding steroid dienone is 19. The second-order valence-electron chi connectivity index (χ2n) is 21.8. The van der Waals surface area contributed by atoms with E-state index >= 15 is 0 Å². The topological polar surface area (TPSA) is 149 Å². The van der Waals surface area contributed by atoms with E-state index in [1.165, 1.54) is 135 Å². The summed E-state index contributed by atoms with van der Waals surface area (Å²) in [5.41, 5.74) is 0. The van der Waals surface area contributed by atoms with Gasteiger partial charge in [-0.15, -0.1) is 0 Å². The number of nitrogens with one attached hydrogen (secondary N) is 1. The summed E-state index contributed by atoms with van der Waals surface area (Å²) in [7, 11) is 0. The van der Waals surface area contributed by atoms with Gasteiger partial charge in [0.05, 0.1) is 25.4 Å². The van der Waals surface area contributed by atoms with E-state index < -0.39 is 49.5 Å². The zero-order valence-corrected chi connectivity index (χ0v) is 50.3. The molecule has 6 N–H and O–H groups in total. The summed E-state index contributed by atoms with van der Waals surface area (Å²) in [6, 6.07) is -0.814. The molecule has 0 radical (unpaired) electrons. The number of carbonyl (C=O) groups is 1. The second-order valence-corrected chi connectivity index (χ2v) is 21.8. The van der Waals surface area contributed by atoms with Crippen LogP contribution >= 0.6 is 0 Å². The fourth-order valence-corrected chi connectivity index (χ4v) is 9.50. The highest BCUT2D eigenvalue weighted by Crippen LogP contribution is 2.23. The Hall–Kier alpha value is -3.41. The van der Waals surface area contributed by atoms with Crippen LogP contribution in [0.1, 0.15) is 258 Å². The molecule has 0 bridgehead atoms. The smallest absolute Gasteiger partial charge is 0.220 e. The minimum atomic E-state index is -1.57. The molecule has 1 rings (SSSR count). The number of hydrogen-bond acceptors (Lipinski definition) is 8. The first-order valence-electron chi connectivity index (χ1n) is 32.3. The standard InChI is InChI=1S/C70H119NO8/c1-3-5-7-9-11-13-15-17-19-21-22-23-24-25-26-27-28-29-30-31-32-33-34-35-36-37-38-39-40-41-42-44-46-48-50-52-54-56-58-60-66(74)71-63(62-78-70-69(77)68(76)67(75)65(61-72)79-70)64(73)59-57-55-53-51-49-47-45-43-20-18-16-14-12-10-8-6-4-2/h5,7,11,13,17,19,22-23,25-26,28-29,31-32,34-35,37-38,57,59,63-65,67-70,72-73,75-77H,3-4,6,8-10,12,14-16,18,20-21,24,27,30,33,36,39-56,58,60-62H2,1-2H3,(H,71,74)/b7-5-,13-11-,19-17-,23-22-,26-25-,29-28-,32-31-,35-34-,38-37-,59-57+. The van der Waals surface area contributed by atoms with Gasteiger partial charge in [-0.1, -0.05) is 283 Å². The van der Waals surface area contributed by atoms with E-state index in [2.05, 4.69) is 129 Å². The van der Waals surface area contributed by atoms with Gasteiger partial charge >= 0.3 is 0 Å². The molecule has 452 valence electrons. The molecule has 0 aliphatic carbocycles. The van der Waals surface area contributed by atoms with Crippen LogP contribution in [-0.4, -0.2) is 87.5 Å². The minimum absolute atomic E-state index is 0.183. The number of rotatable bonds is 54. The van der Waals surface area contributed by atoms with Crippen molar-refractivity contribution in [3.8, 4) is 0 Å². The van der Waals surface area contributed by atoms with Gasteiger partial charge in [-0.05, 0) is 89.9 Å². The summed E-state index contributed by atoms with van der Waals surface area (Å²) in [6.45, 7) is 3.67. The highest BCUT2D eigenvalue weighted by molar-refractivity contribution is 5.76. The van der Waals surface area contributed by atoms with Crippen molar-refractivity contribution in [1.29, 1.82) is 0 Å². The van der Waals surface area contributed by atoms with Gasteiger partial charge in [-0.2, -0.15) is 0 Å². The third kappa shape index (κ3) is 46.9. The Morgan fingerprint density at radius 3 is 1.16 bits per heavy atom. The van der Waals surface area contributed by atoms with Gasteiger partial charge in [0.15, 0.2) is 6.29 Å². The molecule has 0 aromatic heterocycles. The van der Waals surface area contributed by atoms with Crippen LogP contribution in [0, 0.1) is 0 Å². The summed E-state index contributed by atoms with van der Waals surface area (Å²) >= 11 is 0. The van der Waals surface area contributed by atoms with Crippen molar-refractivity contribution in [1.82, 2.24) is 5.32 Å². The quantitative estimate of drug-likeness (QED) is 0.0261. The summed E-state index contributed by atoms with van der Waals surface area (Å²) in [6.07, 6.45) is 79.9. The van der Waals surface area contributed by atoms with Crippen molar-refractivity contribution in [2.24, 2.45) is 0 Å². The van der Waals surface area contributed by atoms with Crippen molar-refractivity contribution >= 4 is 5.91 Å². The molecule has 1 heterocycles. The Morgan fingerprint density at radius 1 is 0.443 bits per heavy atom. The van der Waals surface area contributed by atoms with Crippen LogP contribution in [-0.2, 0) is 14.3 Å². The maximum atomic E-state index is 13.1. The molecular weight excluding hydrogens is 983 g/mol. The van der Waals surface area contributed by atoms with E-state index in [0.29, 0.717) is 6.42 Å². The van der Waals surface area contributed by atoms with Crippen LogP contribution in [0.4, 0.5) is 0 Å². The summed E-state index contributed by atoms with van der Waals surface area (Å²) in [5, 5.41) is 54.6. The normalized spacial score (nSPS) is 19.4.